The van der Waals surface area contributed by atoms with Crippen LogP contribution in [0.2, 0.25) is 0 Å². The quantitative estimate of drug-likeness (QED) is 0.784. The molecule has 1 aromatic heterocycles. The number of fused-ring (bicyclic) bond motifs is 1. The van der Waals surface area contributed by atoms with Crippen LogP contribution in [0.15, 0.2) is 47.5 Å². The summed E-state index contributed by atoms with van der Waals surface area (Å²) >= 11 is 0. The van der Waals surface area contributed by atoms with Crippen LogP contribution in [-0.4, -0.2) is 15.5 Å². The molecule has 3 rings (SSSR count). The summed E-state index contributed by atoms with van der Waals surface area (Å²) < 4.78 is 14.6. The van der Waals surface area contributed by atoms with Crippen LogP contribution in [0.4, 0.5) is 4.39 Å². The average molecular weight is 353 g/mol. The number of aryl methyl sites for hydroxylation is 2. The van der Waals surface area contributed by atoms with Crippen molar-refractivity contribution in [3.8, 4) is 0 Å². The molecule has 2 aromatic carbocycles. The van der Waals surface area contributed by atoms with Crippen LogP contribution in [0, 0.1) is 19.7 Å². The molecule has 0 saturated carbocycles. The van der Waals surface area contributed by atoms with Gasteiger partial charge in [-0.2, -0.15) is 0 Å². The van der Waals surface area contributed by atoms with Gasteiger partial charge in [0.15, 0.2) is 0 Å². The molecule has 1 amide bonds. The van der Waals surface area contributed by atoms with E-state index in [9.17, 15) is 14.0 Å². The van der Waals surface area contributed by atoms with Crippen molar-refractivity contribution in [2.45, 2.75) is 33.4 Å². The van der Waals surface area contributed by atoms with E-state index in [4.69, 9.17) is 0 Å². The lowest BCUT2D eigenvalue weighted by atomic mass is 10.00. The third kappa shape index (κ3) is 3.64. The van der Waals surface area contributed by atoms with E-state index >= 15 is 0 Å². The van der Waals surface area contributed by atoms with Gasteiger partial charge in [-0.3, -0.25) is 14.2 Å². The molecule has 1 N–H and O–H groups in total. The van der Waals surface area contributed by atoms with E-state index in [0.717, 1.165) is 22.8 Å². The predicted octanol–water partition coefficient (Wildman–Crippen LogP) is 3.03. The first-order valence-corrected chi connectivity index (χ1v) is 8.36. The molecule has 0 bridgehead atoms. The number of halogens is 1. The molecule has 0 aliphatic heterocycles. The molecular weight excluding hydrogens is 333 g/mol. The van der Waals surface area contributed by atoms with E-state index in [2.05, 4.69) is 10.3 Å². The maximum absolute atomic E-state index is 13.4. The maximum atomic E-state index is 13.4. The van der Waals surface area contributed by atoms with Gasteiger partial charge in [0.05, 0.1) is 23.3 Å². The lowest BCUT2D eigenvalue weighted by Crippen LogP contribution is -2.34. The molecule has 0 radical (unpaired) electrons. The van der Waals surface area contributed by atoms with Gasteiger partial charge in [0.1, 0.15) is 12.4 Å². The molecule has 1 heterocycles. The van der Waals surface area contributed by atoms with Gasteiger partial charge < -0.3 is 5.32 Å². The summed E-state index contributed by atoms with van der Waals surface area (Å²) in [7, 11) is 0. The van der Waals surface area contributed by atoms with Gasteiger partial charge in [0, 0.05) is 0 Å². The van der Waals surface area contributed by atoms with Crippen molar-refractivity contribution in [1.29, 1.82) is 0 Å². The standard InChI is InChI=1S/C20H20FN3O2/c1-12-4-5-13(2)16(8-12)14(3)23-19(25)10-24-11-22-18-7-6-15(21)9-17(18)20(24)26/h4-9,11,14H,10H2,1-3H3,(H,23,25). The second-order valence-electron chi connectivity index (χ2n) is 6.49. The highest BCUT2D eigenvalue weighted by Gasteiger charge is 2.14. The third-order valence-electron chi connectivity index (χ3n) is 4.38. The Hall–Kier alpha value is -3.02. The molecular formula is C20H20FN3O2. The minimum absolute atomic E-state index is 0.155. The van der Waals surface area contributed by atoms with Crippen molar-refractivity contribution in [2.24, 2.45) is 0 Å². The van der Waals surface area contributed by atoms with Crippen LogP contribution in [0.5, 0.6) is 0 Å². The SMILES string of the molecule is Cc1ccc(C)c(C(C)NC(=O)Cn2cnc3ccc(F)cc3c2=O)c1. The Morgan fingerprint density at radius 3 is 2.77 bits per heavy atom. The number of carbonyl (C=O) groups excluding carboxylic acids is 1. The summed E-state index contributed by atoms with van der Waals surface area (Å²) in [5.74, 6) is -0.819. The molecule has 0 aliphatic rings. The highest BCUT2D eigenvalue weighted by molar-refractivity contribution is 5.79. The van der Waals surface area contributed by atoms with Crippen LogP contribution >= 0.6 is 0 Å². The van der Waals surface area contributed by atoms with Gasteiger partial charge in [-0.15, -0.1) is 0 Å². The predicted molar refractivity (Wildman–Crippen MR) is 98.4 cm³/mol. The lowest BCUT2D eigenvalue weighted by Gasteiger charge is -2.17. The summed E-state index contributed by atoms with van der Waals surface area (Å²) in [5.41, 5.74) is 3.19. The number of hydrogen-bond acceptors (Lipinski definition) is 3. The second kappa shape index (κ2) is 7.07. The Morgan fingerprint density at radius 1 is 1.23 bits per heavy atom. The molecule has 0 fully saturated rings. The van der Waals surface area contributed by atoms with E-state index in [-0.39, 0.29) is 23.9 Å². The Morgan fingerprint density at radius 2 is 2.00 bits per heavy atom. The summed E-state index contributed by atoms with van der Waals surface area (Å²) in [6.07, 6.45) is 1.31. The zero-order valence-corrected chi connectivity index (χ0v) is 14.9. The fourth-order valence-corrected chi connectivity index (χ4v) is 2.99. The first kappa shape index (κ1) is 17.8. The number of hydrogen-bond donors (Lipinski definition) is 1. The number of rotatable bonds is 4. The monoisotopic (exact) mass is 353 g/mol. The molecule has 26 heavy (non-hydrogen) atoms. The van der Waals surface area contributed by atoms with Gasteiger partial charge in [-0.25, -0.2) is 9.37 Å². The molecule has 1 atom stereocenters. The van der Waals surface area contributed by atoms with Crippen molar-refractivity contribution in [3.63, 3.8) is 0 Å². The summed E-state index contributed by atoms with van der Waals surface area (Å²) in [4.78, 5) is 28.9. The van der Waals surface area contributed by atoms with Crippen LogP contribution < -0.4 is 10.9 Å². The normalized spacial score (nSPS) is 12.2. The number of benzene rings is 2. The number of carbonyl (C=O) groups is 1. The van der Waals surface area contributed by atoms with Crippen LogP contribution in [0.25, 0.3) is 10.9 Å². The van der Waals surface area contributed by atoms with Crippen LogP contribution in [0.1, 0.15) is 29.7 Å². The molecule has 6 heteroatoms. The fraction of sp³-hybridized carbons (Fsp3) is 0.250. The van der Waals surface area contributed by atoms with E-state index < -0.39 is 11.4 Å². The van der Waals surface area contributed by atoms with Crippen molar-refractivity contribution >= 4 is 16.8 Å². The van der Waals surface area contributed by atoms with Crippen molar-refractivity contribution in [3.05, 3.63) is 75.6 Å². The fourth-order valence-electron chi connectivity index (χ4n) is 2.99. The molecule has 0 spiro atoms. The van der Waals surface area contributed by atoms with Gasteiger partial charge in [-0.1, -0.05) is 23.8 Å². The van der Waals surface area contributed by atoms with E-state index in [1.807, 2.05) is 39.0 Å². The van der Waals surface area contributed by atoms with Gasteiger partial charge in [0.25, 0.3) is 5.56 Å². The second-order valence-corrected chi connectivity index (χ2v) is 6.49. The van der Waals surface area contributed by atoms with Gasteiger partial charge in [0.2, 0.25) is 5.91 Å². The minimum Gasteiger partial charge on any atom is -0.348 e. The Labute approximate surface area is 150 Å². The first-order valence-electron chi connectivity index (χ1n) is 8.36. The molecule has 0 saturated heterocycles. The Bertz CT molecular complexity index is 1040. The van der Waals surface area contributed by atoms with E-state index in [1.54, 1.807) is 0 Å². The number of amides is 1. The highest BCUT2D eigenvalue weighted by Crippen LogP contribution is 2.18. The molecule has 1 unspecified atom stereocenters. The topological polar surface area (TPSA) is 64.0 Å². The smallest absolute Gasteiger partial charge is 0.261 e. The summed E-state index contributed by atoms with van der Waals surface area (Å²) in [6, 6.07) is 9.71. The van der Waals surface area contributed by atoms with Crippen molar-refractivity contribution in [2.75, 3.05) is 0 Å². The average Bonchev–Trinajstić information content (AvgIpc) is 2.60. The first-order chi connectivity index (χ1) is 12.3. The van der Waals surface area contributed by atoms with Crippen molar-refractivity contribution in [1.82, 2.24) is 14.9 Å². The van der Waals surface area contributed by atoms with Crippen LogP contribution in [0.3, 0.4) is 0 Å². The number of nitrogens with one attached hydrogen (secondary N) is 1. The van der Waals surface area contributed by atoms with Crippen LogP contribution in [-0.2, 0) is 11.3 Å². The lowest BCUT2D eigenvalue weighted by molar-refractivity contribution is -0.122. The Balaban J connectivity index is 1.80. The molecule has 5 nitrogen and oxygen atoms in total. The minimum atomic E-state index is -0.512. The largest absolute Gasteiger partial charge is 0.348 e. The van der Waals surface area contributed by atoms with E-state index in [0.29, 0.717) is 5.52 Å². The zero-order chi connectivity index (χ0) is 18.8. The number of nitrogens with zero attached hydrogens (tertiary/aromatic N) is 2. The Kier molecular flexibility index (Phi) is 4.84. The summed E-state index contributed by atoms with van der Waals surface area (Å²) in [6.45, 7) is 5.71. The van der Waals surface area contributed by atoms with Gasteiger partial charge >= 0.3 is 0 Å². The summed E-state index contributed by atoms with van der Waals surface area (Å²) in [5, 5.41) is 3.05. The molecule has 134 valence electrons. The number of aromatic nitrogens is 2. The third-order valence-corrected chi connectivity index (χ3v) is 4.38. The van der Waals surface area contributed by atoms with Gasteiger partial charge in [-0.05, 0) is 50.1 Å². The van der Waals surface area contributed by atoms with E-state index in [1.165, 1.54) is 23.0 Å². The van der Waals surface area contributed by atoms with Crippen molar-refractivity contribution < 1.29 is 9.18 Å². The molecule has 0 aliphatic carbocycles. The zero-order valence-electron chi connectivity index (χ0n) is 14.9. The maximum Gasteiger partial charge on any atom is 0.261 e. The molecule has 3 aromatic rings. The highest BCUT2D eigenvalue weighted by atomic mass is 19.1.